The Balaban J connectivity index is 0.00000220. The molecule has 0 saturated carbocycles. The molecule has 0 amide bonds. The number of esters is 1. The Kier molecular flexibility index (Phi) is 7.83. The Morgan fingerprint density at radius 1 is 1.00 bits per heavy atom. The van der Waals surface area contributed by atoms with Gasteiger partial charge in [-0.2, -0.15) is 0 Å². The predicted molar refractivity (Wildman–Crippen MR) is 79.5 cm³/mol. The van der Waals surface area contributed by atoms with Crippen LogP contribution in [0.3, 0.4) is 0 Å². The normalized spacial score (nSPS) is 9.19. The summed E-state index contributed by atoms with van der Waals surface area (Å²) in [6.07, 6.45) is 0. The summed E-state index contributed by atoms with van der Waals surface area (Å²) in [6.45, 7) is 3.33. The van der Waals surface area contributed by atoms with E-state index in [4.69, 9.17) is 4.74 Å². The van der Waals surface area contributed by atoms with E-state index in [1.165, 1.54) is 6.54 Å². The molecule has 4 heteroatoms. The smallest absolute Gasteiger partial charge is 0.475 e. The van der Waals surface area contributed by atoms with Crippen molar-refractivity contribution in [3.63, 3.8) is 0 Å². The van der Waals surface area contributed by atoms with Gasteiger partial charge in [-0.1, -0.05) is 77.5 Å². The molecule has 0 bridgehead atoms. The van der Waals surface area contributed by atoms with E-state index in [0.29, 0.717) is 6.61 Å². The first-order valence-electron chi connectivity index (χ1n) is 6.50. The van der Waals surface area contributed by atoms with Gasteiger partial charge in [-0.15, -0.1) is 0 Å². The molecule has 0 saturated heterocycles. The fourth-order valence-electron chi connectivity index (χ4n) is 1.80. The summed E-state index contributed by atoms with van der Waals surface area (Å²) in [6, 6.07) is 19.5. The molecule has 0 aromatic heterocycles. The largest absolute Gasteiger partial charge is 1.00 e. The third kappa shape index (κ3) is 5.38. The van der Waals surface area contributed by atoms with Crippen LogP contribution in [-0.2, 0) is 9.53 Å². The average molecular weight is 289 g/mol. The summed E-state index contributed by atoms with van der Waals surface area (Å²) in [4.78, 5) is 15.7. The third-order valence-electron chi connectivity index (χ3n) is 2.68. The van der Waals surface area contributed by atoms with Crippen molar-refractivity contribution in [1.29, 1.82) is 0 Å². The topological polar surface area (TPSA) is 38.7 Å². The van der Waals surface area contributed by atoms with Crippen LogP contribution in [0.1, 0.15) is 18.1 Å². The number of hydrogen-bond acceptors (Lipinski definition) is 3. The van der Waals surface area contributed by atoms with E-state index < -0.39 is 5.97 Å². The Morgan fingerprint density at radius 3 is 1.90 bits per heavy atom. The second-order valence-corrected chi connectivity index (χ2v) is 4.09. The zero-order valence-corrected chi connectivity index (χ0v) is 14.3. The van der Waals surface area contributed by atoms with Gasteiger partial charge in [-0.3, -0.25) is 4.79 Å². The van der Waals surface area contributed by atoms with E-state index in [1.807, 2.05) is 60.7 Å². The first-order chi connectivity index (χ1) is 9.81. The molecule has 0 aliphatic carbocycles. The van der Waals surface area contributed by atoms with Crippen molar-refractivity contribution in [2.45, 2.75) is 6.92 Å². The number of nitrogens with zero attached hydrogens (tertiary/aromatic N) is 1. The molecule has 0 spiro atoms. The molecule has 2 rings (SSSR count). The van der Waals surface area contributed by atoms with Crippen molar-refractivity contribution in [2.75, 3.05) is 6.61 Å². The SMILES string of the molecule is CCOC(=O)[CH-]N=C(c1ccccc1)c1ccccc1.[Na+]. The van der Waals surface area contributed by atoms with Crippen LogP contribution < -0.4 is 29.6 Å². The van der Waals surface area contributed by atoms with Crippen molar-refractivity contribution < 1.29 is 39.1 Å². The first-order valence-corrected chi connectivity index (χ1v) is 6.50. The fourth-order valence-corrected chi connectivity index (χ4v) is 1.80. The second kappa shape index (κ2) is 9.40. The van der Waals surface area contributed by atoms with Gasteiger partial charge in [-0.05, 0) is 13.5 Å². The summed E-state index contributed by atoms with van der Waals surface area (Å²) in [5, 5.41) is 0. The molecule has 0 aliphatic heterocycles. The Bertz CT molecular complexity index is 541. The van der Waals surface area contributed by atoms with Crippen LogP contribution in [0.4, 0.5) is 0 Å². The standard InChI is InChI=1S/C17H16NO2.Na/c1-2-20-16(19)13-18-17(14-9-5-3-6-10-14)15-11-7-4-8-12-15;/h3-13H,2H2,1H3;/q-1;+1. The first kappa shape index (κ1) is 17.5. The quantitative estimate of drug-likeness (QED) is 0.343. The number of carbonyl (C=O) groups is 1. The van der Waals surface area contributed by atoms with Crippen LogP contribution in [0, 0.1) is 6.54 Å². The summed E-state index contributed by atoms with van der Waals surface area (Å²) >= 11 is 0. The van der Waals surface area contributed by atoms with Gasteiger partial charge < -0.3 is 9.73 Å². The van der Waals surface area contributed by atoms with Crippen LogP contribution in [0.15, 0.2) is 65.7 Å². The minimum Gasteiger partial charge on any atom is -0.475 e. The maximum atomic E-state index is 11.4. The van der Waals surface area contributed by atoms with Crippen molar-refractivity contribution in [3.8, 4) is 0 Å². The molecule has 0 fully saturated rings. The Morgan fingerprint density at radius 2 is 1.48 bits per heavy atom. The number of carbonyl (C=O) groups excluding carboxylic acids is 1. The zero-order chi connectivity index (χ0) is 14.2. The van der Waals surface area contributed by atoms with Crippen molar-refractivity contribution in [1.82, 2.24) is 0 Å². The van der Waals surface area contributed by atoms with Crippen LogP contribution in [0.2, 0.25) is 0 Å². The zero-order valence-electron chi connectivity index (χ0n) is 12.3. The van der Waals surface area contributed by atoms with Crippen molar-refractivity contribution >= 4 is 11.7 Å². The molecule has 0 N–H and O–H groups in total. The van der Waals surface area contributed by atoms with Gasteiger partial charge in [0, 0.05) is 0 Å². The van der Waals surface area contributed by atoms with Crippen molar-refractivity contribution in [2.24, 2.45) is 4.99 Å². The molecular weight excluding hydrogens is 273 g/mol. The third-order valence-corrected chi connectivity index (χ3v) is 2.68. The van der Waals surface area contributed by atoms with Crippen LogP contribution >= 0.6 is 0 Å². The molecule has 2 aromatic rings. The van der Waals surface area contributed by atoms with Gasteiger partial charge in [0.1, 0.15) is 0 Å². The van der Waals surface area contributed by atoms with Gasteiger partial charge in [0.2, 0.25) is 0 Å². The van der Waals surface area contributed by atoms with E-state index in [2.05, 4.69) is 4.99 Å². The fraction of sp³-hybridized carbons (Fsp3) is 0.118. The maximum absolute atomic E-state index is 11.4. The Labute approximate surface area is 147 Å². The molecule has 0 heterocycles. The molecule has 3 nitrogen and oxygen atoms in total. The molecule has 102 valence electrons. The van der Waals surface area contributed by atoms with Crippen molar-refractivity contribution in [3.05, 3.63) is 78.3 Å². The summed E-state index contributed by atoms with van der Waals surface area (Å²) in [7, 11) is 0. The van der Waals surface area contributed by atoms with Crippen LogP contribution in [0.5, 0.6) is 0 Å². The molecule has 0 radical (unpaired) electrons. The number of ether oxygens (including phenoxy) is 1. The van der Waals surface area contributed by atoms with E-state index in [0.717, 1.165) is 16.8 Å². The van der Waals surface area contributed by atoms with Gasteiger partial charge in [0.05, 0.1) is 6.61 Å². The van der Waals surface area contributed by atoms with Crippen LogP contribution in [0.25, 0.3) is 0 Å². The molecule has 2 aromatic carbocycles. The second-order valence-electron chi connectivity index (χ2n) is 4.09. The van der Waals surface area contributed by atoms with Gasteiger partial charge in [0.25, 0.3) is 5.97 Å². The number of benzene rings is 2. The molecule has 21 heavy (non-hydrogen) atoms. The maximum Gasteiger partial charge on any atom is 1.00 e. The minimum absolute atomic E-state index is 0. The van der Waals surface area contributed by atoms with E-state index in [9.17, 15) is 4.79 Å². The van der Waals surface area contributed by atoms with Gasteiger partial charge >= 0.3 is 29.6 Å². The minimum atomic E-state index is -0.433. The molecule has 0 unspecified atom stereocenters. The number of hydrogen-bond donors (Lipinski definition) is 0. The number of aliphatic imine (C=N–C) groups is 1. The summed E-state index contributed by atoms with van der Waals surface area (Å²) < 4.78 is 4.86. The summed E-state index contributed by atoms with van der Waals surface area (Å²) in [5.74, 6) is -0.433. The van der Waals surface area contributed by atoms with E-state index in [1.54, 1.807) is 6.92 Å². The predicted octanol–water partition coefficient (Wildman–Crippen LogP) is 0.253. The van der Waals surface area contributed by atoms with Gasteiger partial charge in [0.15, 0.2) is 0 Å². The van der Waals surface area contributed by atoms with E-state index in [-0.39, 0.29) is 29.6 Å². The summed E-state index contributed by atoms with van der Waals surface area (Å²) in [5.41, 5.74) is 2.66. The van der Waals surface area contributed by atoms with Gasteiger partial charge in [-0.25, -0.2) is 0 Å². The van der Waals surface area contributed by atoms with Crippen LogP contribution in [-0.4, -0.2) is 18.3 Å². The molecular formula is C17H16NNaO2. The molecule has 0 aliphatic rings. The Hall–Kier alpha value is -1.55. The number of rotatable bonds is 5. The van der Waals surface area contributed by atoms with E-state index >= 15 is 0 Å². The molecule has 0 atom stereocenters. The average Bonchev–Trinajstić information content (AvgIpc) is 2.50. The monoisotopic (exact) mass is 289 g/mol.